The van der Waals surface area contributed by atoms with Gasteiger partial charge in [0.2, 0.25) is 0 Å². The molecule has 0 aromatic heterocycles. The van der Waals surface area contributed by atoms with Gasteiger partial charge < -0.3 is 14.8 Å². The van der Waals surface area contributed by atoms with E-state index in [2.05, 4.69) is 10.2 Å². The number of ether oxygens (including phenoxy) is 2. The Kier molecular flexibility index (Phi) is 7.32. The van der Waals surface area contributed by atoms with Crippen LogP contribution >= 0.6 is 12.4 Å². The van der Waals surface area contributed by atoms with Crippen molar-refractivity contribution in [1.82, 2.24) is 10.2 Å². The number of nitrogens with one attached hydrogen (secondary N) is 1. The summed E-state index contributed by atoms with van der Waals surface area (Å²) >= 11 is 0. The maximum Gasteiger partial charge on any atom is 0.0600 e. The minimum Gasteiger partial charge on any atom is -0.379 e. The van der Waals surface area contributed by atoms with Crippen molar-refractivity contribution in [1.29, 1.82) is 0 Å². The van der Waals surface area contributed by atoms with E-state index in [1.807, 2.05) is 0 Å². The standard InChI is InChI=1S/C11H22N2O2.ClH/c1-3-12-4-2-11(1)15-10-7-13-5-8-14-9-6-13;/h11-12H,1-10H2;1H. The highest BCUT2D eigenvalue weighted by Crippen LogP contribution is 2.07. The lowest BCUT2D eigenvalue weighted by molar-refractivity contribution is -0.00617. The first-order chi connectivity index (χ1) is 7.45. The molecule has 0 bridgehead atoms. The first-order valence-corrected chi connectivity index (χ1v) is 6.07. The van der Waals surface area contributed by atoms with Crippen LogP contribution < -0.4 is 5.32 Å². The number of hydrogen-bond acceptors (Lipinski definition) is 4. The van der Waals surface area contributed by atoms with Crippen LogP contribution in [0.4, 0.5) is 0 Å². The van der Waals surface area contributed by atoms with Crippen molar-refractivity contribution in [2.75, 3.05) is 52.5 Å². The van der Waals surface area contributed by atoms with Gasteiger partial charge in [0.15, 0.2) is 0 Å². The van der Waals surface area contributed by atoms with Gasteiger partial charge in [-0.15, -0.1) is 12.4 Å². The Labute approximate surface area is 104 Å². The van der Waals surface area contributed by atoms with Crippen LogP contribution in [0.15, 0.2) is 0 Å². The van der Waals surface area contributed by atoms with Crippen molar-refractivity contribution in [3.05, 3.63) is 0 Å². The molecule has 4 nitrogen and oxygen atoms in total. The first-order valence-electron chi connectivity index (χ1n) is 6.07. The van der Waals surface area contributed by atoms with Crippen LogP contribution in [0.1, 0.15) is 12.8 Å². The summed E-state index contributed by atoms with van der Waals surface area (Å²) in [5.74, 6) is 0. The molecule has 2 aliphatic heterocycles. The number of hydrogen-bond donors (Lipinski definition) is 1. The molecule has 0 radical (unpaired) electrons. The first kappa shape index (κ1) is 14.2. The van der Waals surface area contributed by atoms with Crippen molar-refractivity contribution in [2.24, 2.45) is 0 Å². The van der Waals surface area contributed by atoms with Crippen molar-refractivity contribution in [3.8, 4) is 0 Å². The molecular formula is C11H23ClN2O2. The van der Waals surface area contributed by atoms with E-state index < -0.39 is 0 Å². The molecule has 2 fully saturated rings. The van der Waals surface area contributed by atoms with Crippen LogP contribution in [0.2, 0.25) is 0 Å². The van der Waals surface area contributed by atoms with E-state index in [1.165, 1.54) is 12.8 Å². The lowest BCUT2D eigenvalue weighted by Gasteiger charge is -2.28. The molecule has 2 aliphatic rings. The largest absolute Gasteiger partial charge is 0.379 e. The summed E-state index contributed by atoms with van der Waals surface area (Å²) in [5.41, 5.74) is 0. The third-order valence-electron chi connectivity index (χ3n) is 3.15. The molecule has 2 saturated heterocycles. The second kappa shape index (κ2) is 8.25. The number of morpholine rings is 1. The fourth-order valence-electron chi connectivity index (χ4n) is 2.14. The van der Waals surface area contributed by atoms with Crippen LogP contribution in [0.25, 0.3) is 0 Å². The van der Waals surface area contributed by atoms with E-state index in [9.17, 15) is 0 Å². The van der Waals surface area contributed by atoms with Crippen LogP contribution in [-0.2, 0) is 9.47 Å². The Morgan fingerprint density at radius 1 is 1.19 bits per heavy atom. The van der Waals surface area contributed by atoms with E-state index in [1.54, 1.807) is 0 Å². The quantitative estimate of drug-likeness (QED) is 0.789. The molecular weight excluding hydrogens is 228 g/mol. The molecule has 16 heavy (non-hydrogen) atoms. The summed E-state index contributed by atoms with van der Waals surface area (Å²) in [7, 11) is 0. The van der Waals surface area contributed by atoms with Gasteiger partial charge in [-0.2, -0.15) is 0 Å². The molecule has 5 heteroatoms. The topological polar surface area (TPSA) is 33.7 Å². The minimum absolute atomic E-state index is 0. The molecule has 1 N–H and O–H groups in total. The Bertz CT molecular complexity index is 153. The van der Waals surface area contributed by atoms with E-state index in [-0.39, 0.29) is 12.4 Å². The van der Waals surface area contributed by atoms with E-state index in [0.717, 1.165) is 52.5 Å². The van der Waals surface area contributed by atoms with E-state index >= 15 is 0 Å². The molecule has 96 valence electrons. The van der Waals surface area contributed by atoms with Gasteiger partial charge in [-0.05, 0) is 25.9 Å². The van der Waals surface area contributed by atoms with Gasteiger partial charge in [0.1, 0.15) is 0 Å². The second-order valence-electron chi connectivity index (χ2n) is 4.27. The molecule has 0 unspecified atom stereocenters. The van der Waals surface area contributed by atoms with Crippen molar-refractivity contribution in [2.45, 2.75) is 18.9 Å². The van der Waals surface area contributed by atoms with Crippen molar-refractivity contribution >= 4 is 12.4 Å². The highest BCUT2D eigenvalue weighted by molar-refractivity contribution is 5.85. The third kappa shape index (κ3) is 4.97. The Balaban J connectivity index is 0.00000128. The number of halogens is 1. The molecule has 0 aromatic rings. The van der Waals surface area contributed by atoms with Gasteiger partial charge in [-0.1, -0.05) is 0 Å². The van der Waals surface area contributed by atoms with E-state index in [0.29, 0.717) is 6.10 Å². The Hall–Kier alpha value is 0.130. The average Bonchev–Trinajstić information content (AvgIpc) is 2.32. The third-order valence-corrected chi connectivity index (χ3v) is 3.15. The lowest BCUT2D eigenvalue weighted by atomic mass is 10.1. The van der Waals surface area contributed by atoms with Gasteiger partial charge >= 0.3 is 0 Å². The zero-order chi connectivity index (χ0) is 10.3. The zero-order valence-corrected chi connectivity index (χ0v) is 10.6. The maximum absolute atomic E-state index is 5.86. The predicted molar refractivity (Wildman–Crippen MR) is 66.4 cm³/mol. The molecule has 0 amide bonds. The predicted octanol–water partition coefficient (Wildman–Crippen LogP) is 0.509. The molecule has 2 heterocycles. The van der Waals surface area contributed by atoms with Crippen LogP contribution in [0, 0.1) is 0 Å². The van der Waals surface area contributed by atoms with Gasteiger partial charge in [0.25, 0.3) is 0 Å². The molecule has 0 aliphatic carbocycles. The smallest absolute Gasteiger partial charge is 0.0600 e. The zero-order valence-electron chi connectivity index (χ0n) is 9.82. The molecule has 0 saturated carbocycles. The van der Waals surface area contributed by atoms with Crippen molar-refractivity contribution in [3.63, 3.8) is 0 Å². The molecule has 0 spiro atoms. The summed E-state index contributed by atoms with van der Waals surface area (Å²) in [6, 6.07) is 0. The van der Waals surface area contributed by atoms with E-state index in [4.69, 9.17) is 9.47 Å². The van der Waals surface area contributed by atoms with Crippen LogP contribution in [-0.4, -0.2) is 63.5 Å². The number of rotatable bonds is 4. The van der Waals surface area contributed by atoms with Crippen LogP contribution in [0.5, 0.6) is 0 Å². The van der Waals surface area contributed by atoms with Gasteiger partial charge in [-0.25, -0.2) is 0 Å². The molecule has 2 rings (SSSR count). The Morgan fingerprint density at radius 3 is 2.56 bits per heavy atom. The SMILES string of the molecule is C1CC(OCCN2CCOCC2)CCN1.Cl. The normalized spacial score (nSPS) is 24.0. The Morgan fingerprint density at radius 2 is 1.88 bits per heavy atom. The van der Waals surface area contributed by atoms with Gasteiger partial charge in [0.05, 0.1) is 25.9 Å². The summed E-state index contributed by atoms with van der Waals surface area (Å²) in [6.45, 7) is 8.06. The van der Waals surface area contributed by atoms with Crippen molar-refractivity contribution < 1.29 is 9.47 Å². The summed E-state index contributed by atoms with van der Waals surface area (Å²) < 4.78 is 11.2. The minimum atomic E-state index is 0. The number of nitrogens with zero attached hydrogens (tertiary/aromatic N) is 1. The lowest BCUT2D eigenvalue weighted by Crippen LogP contribution is -2.39. The maximum atomic E-state index is 5.86. The number of piperidine rings is 1. The highest BCUT2D eigenvalue weighted by atomic mass is 35.5. The average molecular weight is 251 g/mol. The van der Waals surface area contributed by atoms with Gasteiger partial charge in [-0.3, -0.25) is 4.90 Å². The van der Waals surface area contributed by atoms with Gasteiger partial charge in [0, 0.05) is 19.6 Å². The van der Waals surface area contributed by atoms with Crippen LogP contribution in [0.3, 0.4) is 0 Å². The fourth-order valence-corrected chi connectivity index (χ4v) is 2.14. The molecule has 0 aromatic carbocycles. The summed E-state index contributed by atoms with van der Waals surface area (Å²) in [6.07, 6.45) is 2.83. The highest BCUT2D eigenvalue weighted by Gasteiger charge is 2.14. The monoisotopic (exact) mass is 250 g/mol. The molecule has 0 atom stereocenters. The second-order valence-corrected chi connectivity index (χ2v) is 4.27. The fraction of sp³-hybridized carbons (Fsp3) is 1.00. The summed E-state index contributed by atoms with van der Waals surface area (Å²) in [5, 5.41) is 3.35. The summed E-state index contributed by atoms with van der Waals surface area (Å²) in [4.78, 5) is 2.42.